The second kappa shape index (κ2) is 10.8. The summed E-state index contributed by atoms with van der Waals surface area (Å²) >= 11 is 0. The Morgan fingerprint density at radius 1 is 1.00 bits per heavy atom. The van der Waals surface area contributed by atoms with Crippen molar-refractivity contribution in [3.8, 4) is 22.8 Å². The van der Waals surface area contributed by atoms with Gasteiger partial charge in [0.25, 0.3) is 5.89 Å². The molecular formula is C30H36N2O3. The molecule has 5 nitrogen and oxygen atoms in total. The number of ether oxygens (including phenoxy) is 1. The number of rotatable bonds is 7. The molecule has 2 aliphatic carbocycles. The Morgan fingerprint density at radius 2 is 1.77 bits per heavy atom. The molecule has 0 saturated heterocycles. The fourth-order valence-corrected chi connectivity index (χ4v) is 5.90. The van der Waals surface area contributed by atoms with E-state index in [9.17, 15) is 4.79 Å². The maximum Gasteiger partial charge on any atom is 0.308 e. The molecule has 0 unspecified atom stereocenters. The number of carbonyl (C=O) groups excluding carboxylic acids is 1. The molecule has 3 aromatic rings. The standard InChI is InChI=1S/C30H36N2O3/c1-3-34-30(33)27-10-9-21(19-27)18-25-15-16-26(17-20(25)2)28-31-29(35-32-28)24-13-11-23(12-14-24)22-7-5-4-6-8-22/h11-17,21-22,27H,3-10,18-19H2,1-2H3/t21-,27-/m1/s1. The average molecular weight is 473 g/mol. The Morgan fingerprint density at radius 3 is 2.51 bits per heavy atom. The Hall–Kier alpha value is -2.95. The molecule has 2 saturated carbocycles. The van der Waals surface area contributed by atoms with Gasteiger partial charge in [0.1, 0.15) is 0 Å². The molecule has 5 heteroatoms. The van der Waals surface area contributed by atoms with Gasteiger partial charge in [-0.1, -0.05) is 48.7 Å². The van der Waals surface area contributed by atoms with Crippen LogP contribution in [0.1, 0.15) is 80.9 Å². The number of carbonyl (C=O) groups is 1. The molecule has 35 heavy (non-hydrogen) atoms. The number of hydrogen-bond acceptors (Lipinski definition) is 5. The molecule has 0 aliphatic heterocycles. The molecule has 2 fully saturated rings. The maximum absolute atomic E-state index is 12.1. The minimum absolute atomic E-state index is 0.0291. The predicted octanol–water partition coefficient (Wildman–Crippen LogP) is 7.28. The highest BCUT2D eigenvalue weighted by atomic mass is 16.5. The van der Waals surface area contributed by atoms with Crippen LogP contribution in [0.4, 0.5) is 0 Å². The lowest BCUT2D eigenvalue weighted by atomic mass is 9.84. The minimum atomic E-state index is -0.0291. The molecule has 184 valence electrons. The second-order valence-corrected chi connectivity index (χ2v) is 10.4. The number of benzene rings is 2. The van der Waals surface area contributed by atoms with E-state index < -0.39 is 0 Å². The van der Waals surface area contributed by atoms with Crippen molar-refractivity contribution in [1.82, 2.24) is 10.1 Å². The molecule has 2 aliphatic rings. The third-order valence-corrected chi connectivity index (χ3v) is 7.93. The van der Waals surface area contributed by atoms with Crippen molar-refractivity contribution >= 4 is 5.97 Å². The minimum Gasteiger partial charge on any atom is -0.466 e. The molecule has 2 aromatic carbocycles. The van der Waals surface area contributed by atoms with E-state index in [1.54, 1.807) is 0 Å². The van der Waals surface area contributed by atoms with E-state index in [-0.39, 0.29) is 11.9 Å². The first kappa shape index (κ1) is 23.8. The van der Waals surface area contributed by atoms with Gasteiger partial charge in [-0.25, -0.2) is 0 Å². The van der Waals surface area contributed by atoms with E-state index >= 15 is 0 Å². The van der Waals surface area contributed by atoms with Crippen molar-refractivity contribution in [2.75, 3.05) is 6.61 Å². The lowest BCUT2D eigenvalue weighted by Crippen LogP contribution is -2.15. The van der Waals surface area contributed by atoms with E-state index in [2.05, 4.69) is 59.5 Å². The molecule has 0 spiro atoms. The zero-order valence-corrected chi connectivity index (χ0v) is 21.0. The quantitative estimate of drug-likeness (QED) is 0.338. The second-order valence-electron chi connectivity index (χ2n) is 10.4. The Kier molecular flexibility index (Phi) is 7.31. The largest absolute Gasteiger partial charge is 0.466 e. The van der Waals surface area contributed by atoms with Crippen LogP contribution >= 0.6 is 0 Å². The molecule has 0 N–H and O–H groups in total. The topological polar surface area (TPSA) is 65.2 Å². The number of aryl methyl sites for hydroxylation is 1. The summed E-state index contributed by atoms with van der Waals surface area (Å²) in [6.45, 7) is 4.47. The molecule has 1 heterocycles. The third-order valence-electron chi connectivity index (χ3n) is 7.93. The van der Waals surface area contributed by atoms with Gasteiger partial charge in [-0.3, -0.25) is 4.79 Å². The summed E-state index contributed by atoms with van der Waals surface area (Å²) in [5, 5.41) is 4.26. The molecule has 0 radical (unpaired) electrons. The summed E-state index contributed by atoms with van der Waals surface area (Å²) in [7, 11) is 0. The van der Waals surface area contributed by atoms with Crippen LogP contribution in [0.25, 0.3) is 22.8 Å². The van der Waals surface area contributed by atoms with Crippen LogP contribution in [-0.4, -0.2) is 22.7 Å². The summed E-state index contributed by atoms with van der Waals surface area (Å²) in [5.74, 6) is 2.44. The smallest absolute Gasteiger partial charge is 0.308 e. The zero-order chi connectivity index (χ0) is 24.2. The first-order chi connectivity index (χ1) is 17.1. The number of nitrogens with zero attached hydrogens (tertiary/aromatic N) is 2. The molecule has 0 amide bonds. The molecule has 0 bridgehead atoms. The van der Waals surface area contributed by atoms with Crippen LogP contribution in [0.2, 0.25) is 0 Å². The van der Waals surface area contributed by atoms with Gasteiger partial charge in [0.05, 0.1) is 12.5 Å². The van der Waals surface area contributed by atoms with Crippen molar-refractivity contribution in [2.24, 2.45) is 11.8 Å². The first-order valence-corrected chi connectivity index (χ1v) is 13.3. The van der Waals surface area contributed by atoms with Crippen molar-refractivity contribution in [3.05, 3.63) is 59.2 Å². The van der Waals surface area contributed by atoms with Crippen molar-refractivity contribution in [1.29, 1.82) is 0 Å². The number of aromatic nitrogens is 2. The SMILES string of the molecule is CCOC(=O)[C@@H]1CC[C@H](Cc2ccc(-c3noc(-c4ccc(C5CCCCC5)cc4)n3)cc2C)C1. The Balaban J connectivity index is 1.23. The Labute approximate surface area is 208 Å². The van der Waals surface area contributed by atoms with Gasteiger partial charge in [-0.05, 0) is 99.1 Å². The van der Waals surface area contributed by atoms with E-state index in [4.69, 9.17) is 9.26 Å². The summed E-state index contributed by atoms with van der Waals surface area (Å²) in [4.78, 5) is 16.7. The predicted molar refractivity (Wildman–Crippen MR) is 137 cm³/mol. The fraction of sp³-hybridized carbons (Fsp3) is 0.500. The van der Waals surface area contributed by atoms with Crippen LogP contribution in [0.15, 0.2) is 47.0 Å². The van der Waals surface area contributed by atoms with E-state index in [0.717, 1.165) is 36.8 Å². The summed E-state index contributed by atoms with van der Waals surface area (Å²) in [6, 6.07) is 15.1. The van der Waals surface area contributed by atoms with Crippen LogP contribution in [0, 0.1) is 18.8 Å². The van der Waals surface area contributed by atoms with Crippen LogP contribution < -0.4 is 0 Å². The van der Waals surface area contributed by atoms with E-state index in [1.807, 2.05) is 6.92 Å². The van der Waals surface area contributed by atoms with Crippen LogP contribution in [0.3, 0.4) is 0 Å². The zero-order valence-electron chi connectivity index (χ0n) is 21.0. The molecule has 5 rings (SSSR count). The van der Waals surface area contributed by atoms with Gasteiger partial charge in [-0.15, -0.1) is 0 Å². The van der Waals surface area contributed by atoms with E-state index in [0.29, 0.717) is 30.2 Å². The normalized spacial score (nSPS) is 20.7. The monoisotopic (exact) mass is 472 g/mol. The first-order valence-electron chi connectivity index (χ1n) is 13.3. The highest BCUT2D eigenvalue weighted by Gasteiger charge is 2.31. The van der Waals surface area contributed by atoms with Gasteiger partial charge >= 0.3 is 5.97 Å². The fourth-order valence-electron chi connectivity index (χ4n) is 5.90. The summed E-state index contributed by atoms with van der Waals surface area (Å²) in [6.07, 6.45) is 10.6. The van der Waals surface area contributed by atoms with Crippen LogP contribution in [-0.2, 0) is 16.0 Å². The molecule has 2 atom stereocenters. The van der Waals surface area contributed by atoms with Gasteiger partial charge in [0.2, 0.25) is 5.82 Å². The van der Waals surface area contributed by atoms with E-state index in [1.165, 1.54) is 48.8 Å². The summed E-state index contributed by atoms with van der Waals surface area (Å²) in [5.41, 5.74) is 5.91. The Bertz CT molecular complexity index is 1140. The average Bonchev–Trinajstić information content (AvgIpc) is 3.57. The van der Waals surface area contributed by atoms with Gasteiger partial charge < -0.3 is 9.26 Å². The van der Waals surface area contributed by atoms with Crippen molar-refractivity contribution in [2.45, 2.75) is 77.6 Å². The van der Waals surface area contributed by atoms with Gasteiger partial charge in [-0.2, -0.15) is 4.98 Å². The lowest BCUT2D eigenvalue weighted by molar-refractivity contribution is -0.147. The number of esters is 1. The van der Waals surface area contributed by atoms with Crippen molar-refractivity contribution in [3.63, 3.8) is 0 Å². The lowest BCUT2D eigenvalue weighted by Gasteiger charge is -2.21. The van der Waals surface area contributed by atoms with Gasteiger partial charge in [0, 0.05) is 11.1 Å². The summed E-state index contributed by atoms with van der Waals surface area (Å²) < 4.78 is 10.8. The highest BCUT2D eigenvalue weighted by Crippen LogP contribution is 2.36. The van der Waals surface area contributed by atoms with Gasteiger partial charge in [0.15, 0.2) is 0 Å². The highest BCUT2D eigenvalue weighted by molar-refractivity contribution is 5.72. The molecular weight excluding hydrogens is 436 g/mol. The maximum atomic E-state index is 12.1. The molecule has 1 aromatic heterocycles. The third kappa shape index (κ3) is 5.50. The number of hydrogen-bond donors (Lipinski definition) is 0. The van der Waals surface area contributed by atoms with Crippen molar-refractivity contribution < 1.29 is 14.1 Å². The van der Waals surface area contributed by atoms with Crippen LogP contribution in [0.5, 0.6) is 0 Å².